The number of nitrogens with one attached hydrogen (secondary N) is 2. The average Bonchev–Trinajstić information content (AvgIpc) is 3.81. The fourth-order valence-electron chi connectivity index (χ4n) is 3.20. The Morgan fingerprint density at radius 3 is 2.15 bits per heavy atom. The van der Waals surface area contributed by atoms with Crippen molar-refractivity contribution in [3.05, 3.63) is 67.5 Å². The van der Waals surface area contributed by atoms with E-state index in [0.717, 1.165) is 16.8 Å². The fraction of sp³-hybridized carbons (Fsp3) is 0.0526. The number of terminal acetylenes is 1. The van der Waals surface area contributed by atoms with Gasteiger partial charge in [-0.25, -0.2) is 15.0 Å². The second kappa shape index (κ2) is 25.0. The highest BCUT2D eigenvalue weighted by molar-refractivity contribution is 6.00. The van der Waals surface area contributed by atoms with Crippen LogP contribution in [0.5, 0.6) is 0 Å². The largest absolute Gasteiger partial charge is 0.460 e. The summed E-state index contributed by atoms with van der Waals surface area (Å²) in [6.07, 6.45) is 11.1. The van der Waals surface area contributed by atoms with E-state index in [-0.39, 0.29) is 13.0 Å². The maximum absolute atomic E-state index is 11.5. The van der Waals surface area contributed by atoms with Gasteiger partial charge >= 0.3 is 0 Å². The number of hydrogen-bond acceptors (Lipinski definition) is 9. The third-order valence-corrected chi connectivity index (χ3v) is 5.13. The molecule has 0 atom stereocenters. The number of amides is 1. The molecule has 3 heterocycles. The number of fused-ring (bicyclic) bond motifs is 1. The highest BCUT2D eigenvalue weighted by atomic mass is 17.2. The first-order chi connectivity index (χ1) is 26.0. The number of hydrogen-bond donors (Lipinski definition) is 3. The van der Waals surface area contributed by atoms with E-state index < -0.39 is 0 Å². The summed E-state index contributed by atoms with van der Waals surface area (Å²) in [6.45, 7) is 7.03. The monoisotopic (exact) mass is 705 g/mol. The van der Waals surface area contributed by atoms with E-state index in [1.165, 1.54) is 6.08 Å². The second-order valence-corrected chi connectivity index (χ2v) is 8.49. The van der Waals surface area contributed by atoms with Crippen molar-refractivity contribution in [2.24, 2.45) is 26.2 Å². The summed E-state index contributed by atoms with van der Waals surface area (Å²) in [5.74, 6) is 43.7. The van der Waals surface area contributed by atoms with E-state index in [1.807, 2.05) is 35.8 Å². The van der Waals surface area contributed by atoms with Crippen molar-refractivity contribution in [3.8, 4) is 124 Å². The standard InChI is InChI=1S/C19H15N5O2.C19H4.H2N6O2.5H2/c1-3-19(25)22-13-5-6-14-16(8-13)24(11-21-14)18-10-20-9-15(23-18)17-7-4-12(2)26-17;1-3-5-7-9-11-13-15-17-19-18-16-14-12-10-8-6-4-2;1-2-3-4-5-6-8-7;;;;;/h3-11H,1H2,2H3,(H,22,25);1H,2H3;1,7H;5*1H/b;;2-1?,4-3+,6-5+;;;;;. The lowest BCUT2D eigenvalue weighted by molar-refractivity contribution is -0.251. The molecular formula is C38H31N11O4. The van der Waals surface area contributed by atoms with Gasteiger partial charge in [0.2, 0.25) is 5.91 Å². The summed E-state index contributed by atoms with van der Waals surface area (Å²) >= 11 is 0. The number of benzene rings is 1. The number of nitrogens with zero attached hydrogens (tertiary/aromatic N) is 9. The van der Waals surface area contributed by atoms with Crippen LogP contribution in [0.4, 0.5) is 5.69 Å². The molecule has 0 unspecified atom stereocenters. The molecule has 3 aromatic heterocycles. The lowest BCUT2D eigenvalue weighted by Crippen LogP contribution is -2.07. The Balaban J connectivity index is -0.000000407. The Labute approximate surface area is 311 Å². The lowest BCUT2D eigenvalue weighted by Gasteiger charge is -2.06. The first-order valence-electron chi connectivity index (χ1n) is 14.1. The van der Waals surface area contributed by atoms with E-state index in [4.69, 9.17) is 21.6 Å². The quantitative estimate of drug-likeness (QED) is 0.0635. The third-order valence-electron chi connectivity index (χ3n) is 5.13. The van der Waals surface area contributed by atoms with E-state index in [2.05, 4.69) is 159 Å². The minimum Gasteiger partial charge on any atom is -0.460 e. The van der Waals surface area contributed by atoms with Crippen molar-refractivity contribution in [2.45, 2.75) is 13.8 Å². The topological polar surface area (TPSA) is 201 Å². The Hall–Kier alpha value is -9.14. The van der Waals surface area contributed by atoms with Crippen LogP contribution in [-0.4, -0.2) is 30.7 Å². The molecule has 0 aliphatic heterocycles. The van der Waals surface area contributed by atoms with E-state index in [9.17, 15) is 4.79 Å². The summed E-state index contributed by atoms with van der Waals surface area (Å²) < 4.78 is 7.43. The van der Waals surface area contributed by atoms with E-state index >= 15 is 0 Å². The summed E-state index contributed by atoms with van der Waals surface area (Å²) in [5, 5.41) is 23.2. The van der Waals surface area contributed by atoms with Crippen LogP contribution in [0.15, 0.2) is 92.3 Å². The normalized spacial score (nSPS) is 8.26. The van der Waals surface area contributed by atoms with Crippen LogP contribution in [-0.2, 0) is 9.78 Å². The third kappa shape index (κ3) is 16.0. The molecule has 4 rings (SSSR count). The van der Waals surface area contributed by atoms with Gasteiger partial charge in [-0.3, -0.25) is 14.3 Å². The van der Waals surface area contributed by atoms with Gasteiger partial charge in [-0.1, -0.05) is 12.5 Å². The minimum atomic E-state index is -0.273. The molecule has 0 aliphatic rings. The maximum Gasteiger partial charge on any atom is 0.247 e. The molecule has 0 aliphatic carbocycles. The SMILES string of the molecule is C#CC#CC#CC#CC#CC#CC#CC#CC#CC.C=CC(=O)Nc1ccc2ncn(-c3cncc(-c4ccc(C)o4)n3)c2c1.N=N/N=N/N=N/OO.[HH].[HH].[HH].[HH].[HH]. The summed E-state index contributed by atoms with van der Waals surface area (Å²) in [4.78, 5) is 27.9. The highest BCUT2D eigenvalue weighted by Gasteiger charge is 2.11. The van der Waals surface area contributed by atoms with Gasteiger partial charge < -0.3 is 9.73 Å². The van der Waals surface area contributed by atoms with Crippen LogP contribution in [0.25, 0.3) is 28.3 Å². The molecule has 1 amide bonds. The van der Waals surface area contributed by atoms with Crippen molar-refractivity contribution in [1.29, 1.82) is 5.53 Å². The molecule has 0 saturated carbocycles. The number of aryl methyl sites for hydroxylation is 1. The molecule has 0 bridgehead atoms. The van der Waals surface area contributed by atoms with Crippen LogP contribution in [0.3, 0.4) is 0 Å². The Morgan fingerprint density at radius 1 is 0.962 bits per heavy atom. The molecule has 262 valence electrons. The average molecular weight is 706 g/mol. The summed E-state index contributed by atoms with van der Waals surface area (Å²) in [7, 11) is 0. The van der Waals surface area contributed by atoms with Crippen molar-refractivity contribution >= 4 is 22.6 Å². The molecule has 4 aromatic rings. The number of carbonyl (C=O) groups excluding carboxylic acids is 1. The van der Waals surface area contributed by atoms with E-state index in [1.54, 1.807) is 31.7 Å². The molecule has 3 N–H and O–H groups in total. The first kappa shape index (κ1) is 40.0. The molecule has 0 radical (unpaired) electrons. The lowest BCUT2D eigenvalue weighted by atomic mass is 10.2. The number of imidazole rings is 1. The number of rotatable bonds is 7. The molecule has 0 fully saturated rings. The van der Waals surface area contributed by atoms with Crippen LogP contribution < -0.4 is 5.32 Å². The second-order valence-electron chi connectivity index (χ2n) is 8.49. The molecule has 53 heavy (non-hydrogen) atoms. The van der Waals surface area contributed by atoms with Gasteiger partial charge in [0.25, 0.3) is 0 Å². The number of anilines is 1. The summed E-state index contributed by atoms with van der Waals surface area (Å²) in [5.41, 5.74) is 8.86. The zero-order chi connectivity index (χ0) is 38.4. The van der Waals surface area contributed by atoms with Crippen molar-refractivity contribution in [2.75, 3.05) is 5.32 Å². The number of aromatic nitrogens is 4. The van der Waals surface area contributed by atoms with Crippen molar-refractivity contribution < 1.29 is 26.6 Å². The number of carbonyl (C=O) groups is 1. The highest BCUT2D eigenvalue weighted by Crippen LogP contribution is 2.23. The van der Waals surface area contributed by atoms with Crippen LogP contribution in [0, 0.1) is 120 Å². The molecule has 1 aromatic carbocycles. The van der Waals surface area contributed by atoms with Gasteiger partial charge in [0.05, 0.1) is 28.7 Å². The van der Waals surface area contributed by atoms with Gasteiger partial charge in [0.15, 0.2) is 11.6 Å². The van der Waals surface area contributed by atoms with Crippen LogP contribution >= 0.6 is 0 Å². The predicted molar refractivity (Wildman–Crippen MR) is 204 cm³/mol. The number of furan rings is 1. The van der Waals surface area contributed by atoms with Gasteiger partial charge in [0.1, 0.15) is 17.8 Å². The van der Waals surface area contributed by atoms with Crippen molar-refractivity contribution in [1.82, 2.24) is 19.5 Å². The van der Waals surface area contributed by atoms with Crippen LogP contribution in [0.2, 0.25) is 0 Å². The zero-order valence-electron chi connectivity index (χ0n) is 27.7. The van der Waals surface area contributed by atoms with Gasteiger partial charge in [-0.05, 0) is 155 Å². The molecular weight excluding hydrogens is 674 g/mol. The van der Waals surface area contributed by atoms with Gasteiger partial charge in [-0.2, -0.15) is 10.8 Å². The maximum atomic E-state index is 11.5. The van der Waals surface area contributed by atoms with Gasteiger partial charge in [-0.15, -0.1) is 6.42 Å². The predicted octanol–water partition coefficient (Wildman–Crippen LogP) is 6.56. The van der Waals surface area contributed by atoms with Gasteiger partial charge in [0, 0.05) is 23.3 Å². The van der Waals surface area contributed by atoms with E-state index in [0.29, 0.717) is 23.0 Å². The van der Waals surface area contributed by atoms with Crippen LogP contribution in [0.1, 0.15) is 19.8 Å². The molecule has 15 heteroatoms. The molecule has 15 nitrogen and oxygen atoms in total. The Bertz CT molecular complexity index is 2610. The van der Waals surface area contributed by atoms with Crippen molar-refractivity contribution in [3.63, 3.8) is 0 Å². The smallest absolute Gasteiger partial charge is 0.247 e. The molecule has 0 saturated heterocycles. The fourth-order valence-corrected chi connectivity index (χ4v) is 3.20. The molecule has 0 spiro atoms. The minimum absolute atomic E-state index is 0. The first-order valence-corrected chi connectivity index (χ1v) is 14.1. The zero-order valence-corrected chi connectivity index (χ0v) is 27.7. The Kier molecular flexibility index (Phi) is 18.9. The Morgan fingerprint density at radius 2 is 1.60 bits per heavy atom. The summed E-state index contributed by atoms with van der Waals surface area (Å²) in [6, 6.07) is 9.19.